The molecule has 0 bridgehead atoms. The molecule has 0 atom stereocenters. The van der Waals surface area contributed by atoms with Gasteiger partial charge in [-0.25, -0.2) is 0 Å². The van der Waals surface area contributed by atoms with Crippen molar-refractivity contribution >= 4 is 8.32 Å². The fourth-order valence-electron chi connectivity index (χ4n) is 1.67. The van der Waals surface area contributed by atoms with Crippen molar-refractivity contribution in [2.75, 3.05) is 6.61 Å². The second-order valence-electron chi connectivity index (χ2n) is 3.75. The maximum Gasteiger partial charge on any atom is 0.191 e. The summed E-state index contributed by atoms with van der Waals surface area (Å²) in [6.07, 6.45) is 8.32. The average molecular weight is 212 g/mol. The largest absolute Gasteiger partial charge is 0.417 e. The molecule has 14 heavy (non-hydrogen) atoms. The molecule has 0 aliphatic heterocycles. The number of hydrogen-bond donors (Lipinski definition) is 0. The Morgan fingerprint density at radius 1 is 1.07 bits per heavy atom. The van der Waals surface area contributed by atoms with E-state index in [0.29, 0.717) is 0 Å². The lowest BCUT2D eigenvalue weighted by molar-refractivity contribution is 0.290. The zero-order chi connectivity index (χ0) is 10.9. The van der Waals surface area contributed by atoms with Crippen LogP contribution in [0.5, 0.6) is 0 Å². The van der Waals surface area contributed by atoms with E-state index in [1.807, 2.05) is 0 Å². The van der Waals surface area contributed by atoms with Crippen molar-refractivity contribution in [3.05, 3.63) is 0 Å². The Morgan fingerprint density at radius 3 is 2.07 bits per heavy atom. The van der Waals surface area contributed by atoms with Gasteiger partial charge in [0.2, 0.25) is 0 Å². The minimum Gasteiger partial charge on any atom is -0.417 e. The Balaban J connectivity index is 3.67. The van der Waals surface area contributed by atoms with Gasteiger partial charge in [-0.2, -0.15) is 0 Å². The molecule has 0 radical (unpaired) electrons. The first-order chi connectivity index (χ1) is 6.74. The van der Waals surface area contributed by atoms with Crippen LogP contribution >= 0.6 is 0 Å². The van der Waals surface area contributed by atoms with E-state index in [0.717, 1.165) is 25.9 Å². The molecule has 1 nitrogen and oxygen atoms in total. The number of hydrogen-bond acceptors (Lipinski definition) is 1. The highest BCUT2D eigenvalue weighted by Gasteiger charge is 2.27. The molecule has 0 aromatic carbocycles. The van der Waals surface area contributed by atoms with Crippen molar-refractivity contribution in [3.8, 4) is 12.3 Å². The van der Waals surface area contributed by atoms with E-state index in [2.05, 4.69) is 26.7 Å². The van der Waals surface area contributed by atoms with E-state index < -0.39 is 8.32 Å². The molecule has 82 valence electrons. The van der Waals surface area contributed by atoms with E-state index in [4.69, 9.17) is 10.8 Å². The summed E-state index contributed by atoms with van der Waals surface area (Å²) in [5, 5.41) is 0. The maximum absolute atomic E-state index is 6.09. The topological polar surface area (TPSA) is 9.23 Å². The fraction of sp³-hybridized carbons (Fsp3) is 0.833. The summed E-state index contributed by atoms with van der Waals surface area (Å²) in [6.45, 7) is 7.71. The van der Waals surface area contributed by atoms with Crippen LogP contribution in [0.1, 0.15) is 40.0 Å². The normalized spacial score (nSPS) is 11.3. The van der Waals surface area contributed by atoms with Crippen LogP contribution in [0.3, 0.4) is 0 Å². The van der Waals surface area contributed by atoms with Crippen LogP contribution in [0.4, 0.5) is 0 Å². The zero-order valence-electron chi connectivity index (χ0n) is 9.94. The highest BCUT2D eigenvalue weighted by molar-refractivity contribution is 6.73. The van der Waals surface area contributed by atoms with Gasteiger partial charge in [0.25, 0.3) is 0 Å². The smallest absolute Gasteiger partial charge is 0.191 e. The van der Waals surface area contributed by atoms with Crippen molar-refractivity contribution in [2.24, 2.45) is 0 Å². The van der Waals surface area contributed by atoms with Gasteiger partial charge < -0.3 is 4.43 Å². The van der Waals surface area contributed by atoms with Crippen LogP contribution in [0.25, 0.3) is 0 Å². The standard InChI is InChI=1S/C12H24OSi/c1-5-9-10-11-12-13-14(6-2,7-3)8-4/h1H,6-12H2,2-4H3. The third-order valence-corrected chi connectivity index (χ3v) is 7.74. The summed E-state index contributed by atoms with van der Waals surface area (Å²) in [7, 11) is -1.33. The Hall–Kier alpha value is -0.263. The predicted octanol–water partition coefficient (Wildman–Crippen LogP) is 3.81. The molecule has 0 N–H and O–H groups in total. The lowest BCUT2D eigenvalue weighted by Crippen LogP contribution is -2.36. The molecule has 0 fully saturated rings. The van der Waals surface area contributed by atoms with Crippen molar-refractivity contribution in [1.29, 1.82) is 0 Å². The predicted molar refractivity (Wildman–Crippen MR) is 65.8 cm³/mol. The van der Waals surface area contributed by atoms with Gasteiger partial charge in [0.15, 0.2) is 8.32 Å². The van der Waals surface area contributed by atoms with Crippen LogP contribution in [-0.4, -0.2) is 14.9 Å². The summed E-state index contributed by atoms with van der Waals surface area (Å²) < 4.78 is 6.09. The number of rotatable bonds is 8. The molecule has 0 saturated carbocycles. The highest BCUT2D eigenvalue weighted by Crippen LogP contribution is 2.21. The summed E-state index contributed by atoms with van der Waals surface area (Å²) in [5.74, 6) is 2.66. The second-order valence-corrected chi connectivity index (χ2v) is 8.53. The fourth-order valence-corrected chi connectivity index (χ4v) is 4.36. The van der Waals surface area contributed by atoms with Gasteiger partial charge in [0.05, 0.1) is 0 Å². The summed E-state index contributed by atoms with van der Waals surface area (Å²) >= 11 is 0. The summed E-state index contributed by atoms with van der Waals surface area (Å²) in [6, 6.07) is 3.74. The van der Waals surface area contributed by atoms with Gasteiger partial charge in [-0.05, 0) is 31.0 Å². The molecule has 2 heteroatoms. The molecule has 0 amide bonds. The van der Waals surface area contributed by atoms with Gasteiger partial charge in [0, 0.05) is 13.0 Å². The lowest BCUT2D eigenvalue weighted by Gasteiger charge is -2.27. The quantitative estimate of drug-likeness (QED) is 0.338. The van der Waals surface area contributed by atoms with E-state index >= 15 is 0 Å². The lowest BCUT2D eigenvalue weighted by atomic mass is 10.2. The van der Waals surface area contributed by atoms with Gasteiger partial charge in [-0.1, -0.05) is 20.8 Å². The van der Waals surface area contributed by atoms with Gasteiger partial charge >= 0.3 is 0 Å². The van der Waals surface area contributed by atoms with Gasteiger partial charge in [-0.3, -0.25) is 0 Å². The minimum atomic E-state index is -1.33. The molecular weight excluding hydrogens is 188 g/mol. The van der Waals surface area contributed by atoms with E-state index in [-0.39, 0.29) is 0 Å². The maximum atomic E-state index is 6.09. The van der Waals surface area contributed by atoms with Crippen LogP contribution in [-0.2, 0) is 4.43 Å². The summed E-state index contributed by atoms with van der Waals surface area (Å²) in [4.78, 5) is 0. The average Bonchev–Trinajstić information content (AvgIpc) is 2.24. The molecule has 0 aliphatic rings. The van der Waals surface area contributed by atoms with Crippen molar-refractivity contribution in [2.45, 2.75) is 58.2 Å². The SMILES string of the molecule is C#CCCCCO[Si](CC)(CC)CC. The first kappa shape index (κ1) is 13.7. The molecule has 0 aliphatic carbocycles. The second kappa shape index (κ2) is 8.08. The van der Waals surface area contributed by atoms with Gasteiger partial charge in [-0.15, -0.1) is 12.3 Å². The van der Waals surface area contributed by atoms with Crippen molar-refractivity contribution < 1.29 is 4.43 Å². The third-order valence-electron chi connectivity index (χ3n) is 3.06. The van der Waals surface area contributed by atoms with Crippen LogP contribution in [0.15, 0.2) is 0 Å². The van der Waals surface area contributed by atoms with Crippen LogP contribution < -0.4 is 0 Å². The molecule has 0 heterocycles. The first-order valence-electron chi connectivity index (χ1n) is 5.82. The van der Waals surface area contributed by atoms with Crippen molar-refractivity contribution in [3.63, 3.8) is 0 Å². The Morgan fingerprint density at radius 2 is 1.64 bits per heavy atom. The Bertz CT molecular complexity index is 159. The Labute approximate surface area is 90.4 Å². The number of unbranched alkanes of at least 4 members (excludes halogenated alkanes) is 2. The van der Waals surface area contributed by atoms with E-state index in [1.54, 1.807) is 0 Å². The monoisotopic (exact) mass is 212 g/mol. The van der Waals surface area contributed by atoms with Crippen molar-refractivity contribution in [1.82, 2.24) is 0 Å². The highest BCUT2D eigenvalue weighted by atomic mass is 28.4. The molecule has 0 unspecified atom stereocenters. The first-order valence-corrected chi connectivity index (χ1v) is 8.35. The molecular formula is C12H24OSi. The minimum absolute atomic E-state index is 0.891. The van der Waals surface area contributed by atoms with Crippen LogP contribution in [0, 0.1) is 12.3 Å². The van der Waals surface area contributed by atoms with E-state index in [9.17, 15) is 0 Å². The molecule has 0 spiro atoms. The molecule has 0 rings (SSSR count). The summed E-state index contributed by atoms with van der Waals surface area (Å²) in [5.41, 5.74) is 0. The number of terminal acetylenes is 1. The third kappa shape index (κ3) is 4.83. The molecule has 0 aromatic rings. The Kier molecular flexibility index (Phi) is 7.93. The van der Waals surface area contributed by atoms with E-state index in [1.165, 1.54) is 18.1 Å². The molecule has 0 saturated heterocycles. The van der Waals surface area contributed by atoms with Crippen LogP contribution in [0.2, 0.25) is 18.1 Å². The molecule has 0 aromatic heterocycles. The van der Waals surface area contributed by atoms with Gasteiger partial charge in [0.1, 0.15) is 0 Å². The zero-order valence-corrected chi connectivity index (χ0v) is 10.9.